The Bertz CT molecular complexity index is 1320. The van der Waals surface area contributed by atoms with Crippen molar-refractivity contribution in [1.82, 2.24) is 4.98 Å². The van der Waals surface area contributed by atoms with Gasteiger partial charge in [-0.1, -0.05) is 12.1 Å². The van der Waals surface area contributed by atoms with Gasteiger partial charge in [0.15, 0.2) is 0 Å². The highest BCUT2D eigenvalue weighted by molar-refractivity contribution is 7.92. The van der Waals surface area contributed by atoms with E-state index in [9.17, 15) is 23.6 Å². The van der Waals surface area contributed by atoms with E-state index < -0.39 is 16.0 Å². The summed E-state index contributed by atoms with van der Waals surface area (Å²) in [7, 11) is -4.13. The lowest BCUT2D eigenvalue weighted by Crippen LogP contribution is -2.17. The molecule has 0 saturated heterocycles. The van der Waals surface area contributed by atoms with Crippen LogP contribution in [0.1, 0.15) is 45.8 Å². The summed E-state index contributed by atoms with van der Waals surface area (Å²) < 4.78 is 29.4. The molecule has 1 heterocycles. The number of carboxylic acid groups (broad SMARTS) is 1. The summed E-state index contributed by atoms with van der Waals surface area (Å²) in [6.07, 6.45) is 3.32. The van der Waals surface area contributed by atoms with E-state index in [4.69, 9.17) is 0 Å². The number of rotatable bonds is 6. The van der Waals surface area contributed by atoms with Gasteiger partial charge in [-0.15, -0.1) is 0 Å². The fraction of sp³-hybridized carbons (Fsp3) is 0.174. The first-order chi connectivity index (χ1) is 14.8. The minimum absolute atomic E-state index is 0.0538. The monoisotopic (exact) mass is 433 g/mol. The summed E-state index contributed by atoms with van der Waals surface area (Å²) in [6, 6.07) is 14.7. The molecule has 0 radical (unpaired) electrons. The number of hydrogen-bond acceptors (Lipinski definition) is 5. The quantitative estimate of drug-likeness (QED) is 0.598. The molecule has 8 heteroatoms. The van der Waals surface area contributed by atoms with Crippen LogP contribution < -0.4 is 4.72 Å². The number of carbonyl (C=O) groups is 1. The van der Waals surface area contributed by atoms with E-state index in [0.29, 0.717) is 27.9 Å². The molecule has 0 atom stereocenters. The van der Waals surface area contributed by atoms with E-state index in [0.717, 1.165) is 12.8 Å². The van der Waals surface area contributed by atoms with Gasteiger partial charge in [0.25, 0.3) is 10.0 Å². The van der Waals surface area contributed by atoms with Crippen molar-refractivity contribution < 1.29 is 18.3 Å². The Morgan fingerprint density at radius 3 is 2.58 bits per heavy atom. The highest BCUT2D eigenvalue weighted by Crippen LogP contribution is 2.43. The van der Waals surface area contributed by atoms with Crippen LogP contribution in [-0.2, 0) is 10.0 Å². The van der Waals surface area contributed by atoms with Crippen LogP contribution >= 0.6 is 0 Å². The third-order valence-corrected chi connectivity index (χ3v) is 6.62. The SMILES string of the molecule is Cc1cc(C#N)cc(NS(=O)(=O)c2cc(C(=O)O)ccc2C2CC2)c1-c1ccccn1. The molecule has 0 unspecified atom stereocenters. The van der Waals surface area contributed by atoms with Gasteiger partial charge < -0.3 is 5.11 Å². The summed E-state index contributed by atoms with van der Waals surface area (Å²) in [5.74, 6) is -1.10. The third-order valence-electron chi connectivity index (χ3n) is 5.20. The number of nitrogens with one attached hydrogen (secondary N) is 1. The number of aromatic nitrogens is 1. The topological polar surface area (TPSA) is 120 Å². The largest absolute Gasteiger partial charge is 0.478 e. The molecule has 0 amide bonds. The molecular weight excluding hydrogens is 414 g/mol. The minimum atomic E-state index is -4.13. The van der Waals surface area contributed by atoms with Gasteiger partial charge in [-0.3, -0.25) is 9.71 Å². The zero-order chi connectivity index (χ0) is 22.2. The van der Waals surface area contributed by atoms with Crippen LogP contribution in [0.15, 0.2) is 59.6 Å². The Labute approximate surface area is 180 Å². The molecule has 1 aliphatic rings. The number of pyridine rings is 1. The fourth-order valence-electron chi connectivity index (χ4n) is 3.61. The van der Waals surface area contributed by atoms with Crippen LogP contribution in [0.2, 0.25) is 0 Å². The van der Waals surface area contributed by atoms with Crippen molar-refractivity contribution in [2.24, 2.45) is 0 Å². The lowest BCUT2D eigenvalue weighted by atomic mass is 10.0. The molecule has 1 saturated carbocycles. The van der Waals surface area contributed by atoms with E-state index in [2.05, 4.69) is 9.71 Å². The first-order valence-corrected chi connectivity index (χ1v) is 11.1. The van der Waals surface area contributed by atoms with Gasteiger partial charge in [0.1, 0.15) is 0 Å². The van der Waals surface area contributed by atoms with Crippen molar-refractivity contribution >= 4 is 21.7 Å². The highest BCUT2D eigenvalue weighted by Gasteiger charge is 2.32. The second-order valence-electron chi connectivity index (χ2n) is 7.48. The number of aryl methyl sites for hydroxylation is 1. The van der Waals surface area contributed by atoms with Crippen LogP contribution in [0, 0.1) is 18.3 Å². The summed E-state index contributed by atoms with van der Waals surface area (Å²) >= 11 is 0. The van der Waals surface area contributed by atoms with Gasteiger partial charge in [-0.2, -0.15) is 5.26 Å². The van der Waals surface area contributed by atoms with Crippen molar-refractivity contribution in [2.45, 2.75) is 30.6 Å². The molecule has 3 aromatic rings. The maximum atomic E-state index is 13.4. The number of nitrogens with zero attached hydrogens (tertiary/aromatic N) is 2. The Morgan fingerprint density at radius 2 is 1.97 bits per heavy atom. The molecule has 0 spiro atoms. The summed E-state index contributed by atoms with van der Waals surface area (Å²) in [4.78, 5) is 15.7. The Hall–Kier alpha value is -3.70. The van der Waals surface area contributed by atoms with E-state index >= 15 is 0 Å². The van der Waals surface area contributed by atoms with Gasteiger partial charge in [0.05, 0.1) is 33.5 Å². The molecule has 1 aliphatic carbocycles. The standard InChI is InChI=1S/C23H19N3O4S/c1-14-10-15(13-24)11-20(22(14)19-4-2-3-9-25-19)26-31(29,30)21-12-17(23(27)28)7-8-18(21)16-5-6-16/h2-4,7-12,16,26H,5-6H2,1H3,(H,27,28). The smallest absolute Gasteiger partial charge is 0.335 e. The molecule has 156 valence electrons. The number of carboxylic acids is 1. The van der Waals surface area contributed by atoms with Crippen molar-refractivity contribution in [2.75, 3.05) is 4.72 Å². The van der Waals surface area contributed by atoms with Crippen molar-refractivity contribution in [3.05, 3.63) is 77.0 Å². The van der Waals surface area contributed by atoms with Gasteiger partial charge in [0.2, 0.25) is 0 Å². The average molecular weight is 433 g/mol. The number of hydrogen-bond donors (Lipinski definition) is 2. The number of benzene rings is 2. The molecule has 2 aromatic carbocycles. The van der Waals surface area contributed by atoms with Gasteiger partial charge in [-0.05, 0) is 73.2 Å². The first kappa shape index (κ1) is 20.6. The summed E-state index contributed by atoms with van der Waals surface area (Å²) in [6.45, 7) is 1.78. The minimum Gasteiger partial charge on any atom is -0.478 e. The van der Waals surface area contributed by atoms with Crippen molar-refractivity contribution in [1.29, 1.82) is 5.26 Å². The van der Waals surface area contributed by atoms with Gasteiger partial charge in [-0.25, -0.2) is 13.2 Å². The summed E-state index contributed by atoms with van der Waals surface area (Å²) in [5, 5.41) is 18.7. The second kappa shape index (κ2) is 7.85. The van der Waals surface area contributed by atoms with Crippen LogP contribution in [-0.4, -0.2) is 24.5 Å². The van der Waals surface area contributed by atoms with Crippen LogP contribution in [0.25, 0.3) is 11.3 Å². The fourth-order valence-corrected chi connectivity index (χ4v) is 5.00. The average Bonchev–Trinajstić information content (AvgIpc) is 3.58. The predicted octanol–water partition coefficient (Wildman–Crippen LogP) is 4.31. The zero-order valence-corrected chi connectivity index (χ0v) is 17.5. The van der Waals surface area contributed by atoms with Crippen molar-refractivity contribution in [3.8, 4) is 17.3 Å². The van der Waals surface area contributed by atoms with Crippen LogP contribution in [0.5, 0.6) is 0 Å². The van der Waals surface area contributed by atoms with Gasteiger partial charge in [0, 0.05) is 11.8 Å². The zero-order valence-electron chi connectivity index (χ0n) is 16.7. The second-order valence-corrected chi connectivity index (χ2v) is 9.13. The molecule has 0 aliphatic heterocycles. The molecule has 2 N–H and O–H groups in total. The Kier molecular flexibility index (Phi) is 5.21. The van der Waals surface area contributed by atoms with E-state index in [-0.39, 0.29) is 22.1 Å². The van der Waals surface area contributed by atoms with Gasteiger partial charge >= 0.3 is 5.97 Å². The number of aromatic carboxylic acids is 1. The van der Waals surface area contributed by atoms with E-state index in [1.807, 2.05) is 6.07 Å². The molecule has 1 aromatic heterocycles. The lowest BCUT2D eigenvalue weighted by Gasteiger charge is -2.17. The van der Waals surface area contributed by atoms with E-state index in [1.165, 1.54) is 18.2 Å². The van der Waals surface area contributed by atoms with E-state index in [1.54, 1.807) is 43.5 Å². The number of anilines is 1. The number of nitriles is 1. The maximum absolute atomic E-state index is 13.4. The molecule has 4 rings (SSSR count). The maximum Gasteiger partial charge on any atom is 0.335 e. The predicted molar refractivity (Wildman–Crippen MR) is 115 cm³/mol. The summed E-state index contributed by atoms with van der Waals surface area (Å²) in [5.41, 5.74) is 2.84. The first-order valence-electron chi connectivity index (χ1n) is 9.66. The number of sulfonamides is 1. The lowest BCUT2D eigenvalue weighted by molar-refractivity contribution is 0.0696. The van der Waals surface area contributed by atoms with Crippen molar-refractivity contribution in [3.63, 3.8) is 0 Å². The molecule has 0 bridgehead atoms. The highest BCUT2D eigenvalue weighted by atomic mass is 32.2. The third kappa shape index (κ3) is 4.13. The normalized spacial score (nSPS) is 13.4. The molecular formula is C23H19N3O4S. The van der Waals surface area contributed by atoms with Crippen LogP contribution in [0.3, 0.4) is 0 Å². The van der Waals surface area contributed by atoms with Crippen LogP contribution in [0.4, 0.5) is 5.69 Å². The molecule has 1 fully saturated rings. The molecule has 31 heavy (non-hydrogen) atoms. The Morgan fingerprint density at radius 1 is 1.19 bits per heavy atom. The Balaban J connectivity index is 1.86. The molecule has 7 nitrogen and oxygen atoms in total.